The zero-order valence-corrected chi connectivity index (χ0v) is 34.9. The molecule has 62 heavy (non-hydrogen) atoms. The molecule has 8 rings (SSSR count). The van der Waals surface area contributed by atoms with Gasteiger partial charge in [0.05, 0.1) is 12.1 Å². The summed E-state index contributed by atoms with van der Waals surface area (Å²) < 4.78 is 55.0. The van der Waals surface area contributed by atoms with E-state index in [1.54, 1.807) is 18.5 Å². The van der Waals surface area contributed by atoms with Crippen molar-refractivity contribution < 1.29 is 36.4 Å². The van der Waals surface area contributed by atoms with Crippen LogP contribution in [0.4, 0.5) is 20.3 Å². The van der Waals surface area contributed by atoms with E-state index in [2.05, 4.69) is 47.5 Å². The van der Waals surface area contributed by atoms with E-state index in [9.17, 15) is 27.6 Å². The summed E-state index contributed by atoms with van der Waals surface area (Å²) in [5.41, 5.74) is 2.38. The van der Waals surface area contributed by atoms with Gasteiger partial charge in [0, 0.05) is 84.5 Å². The molecule has 5 aromatic rings. The topological polar surface area (TPSA) is 204 Å². The van der Waals surface area contributed by atoms with Crippen LogP contribution >= 0.6 is 0 Å². The molecule has 2 unspecified atom stereocenters. The van der Waals surface area contributed by atoms with Gasteiger partial charge in [-0.3, -0.25) is 29.4 Å². The van der Waals surface area contributed by atoms with Crippen LogP contribution in [0.15, 0.2) is 73.2 Å². The highest BCUT2D eigenvalue weighted by atomic mass is 32.2. The van der Waals surface area contributed by atoms with E-state index in [0.717, 1.165) is 49.6 Å². The zero-order valence-electron chi connectivity index (χ0n) is 34.1. The molecule has 3 aromatic heterocycles. The molecule has 3 aliphatic rings. The third kappa shape index (κ3) is 8.94. The van der Waals surface area contributed by atoms with Crippen molar-refractivity contribution in [2.45, 2.75) is 56.2 Å². The lowest BCUT2D eigenvalue weighted by molar-refractivity contribution is -0.134. The average Bonchev–Trinajstić information content (AvgIpc) is 3.69. The lowest BCUT2D eigenvalue weighted by Crippen LogP contribution is -2.52. The largest absolute Gasteiger partial charge is 0.374 e. The molecule has 0 aliphatic carbocycles. The van der Waals surface area contributed by atoms with E-state index in [4.69, 9.17) is 5.14 Å². The second-order valence-corrected chi connectivity index (χ2v) is 17.8. The number of nitrogens with zero attached hydrogens (tertiary/aromatic N) is 5. The number of aromatic amines is 1. The summed E-state index contributed by atoms with van der Waals surface area (Å²) in [5, 5.41) is 9.77. The molecule has 18 heteroatoms. The SMILES string of the molecule is CCC(c1ccc(F)c(C(=O)c2c[nH]c3ncc(-c4ccc(N5CCN(C(=O)CN6CCC(c7ccc(NC8CCC(=O)NC8=O)cc7)CC6)CC5)nc4)cc23)c1F)S(N)(=O)=O. The maximum Gasteiger partial charge on any atom is 0.249 e. The zero-order chi connectivity index (χ0) is 43.7. The molecule has 2 aromatic carbocycles. The van der Waals surface area contributed by atoms with Crippen LogP contribution in [0.2, 0.25) is 0 Å². The Morgan fingerprint density at radius 1 is 0.919 bits per heavy atom. The number of fused-ring (bicyclic) bond motifs is 1. The molecule has 6 heterocycles. The molecule has 0 saturated carbocycles. The lowest BCUT2D eigenvalue weighted by atomic mass is 9.89. The van der Waals surface area contributed by atoms with Gasteiger partial charge < -0.3 is 20.1 Å². The van der Waals surface area contributed by atoms with Crippen LogP contribution in [0.5, 0.6) is 0 Å². The predicted molar refractivity (Wildman–Crippen MR) is 229 cm³/mol. The number of carbonyl (C=O) groups excluding carboxylic acids is 4. The van der Waals surface area contributed by atoms with Crippen molar-refractivity contribution in [3.63, 3.8) is 0 Å². The Hall–Kier alpha value is -6.11. The number of benzene rings is 2. The first-order valence-corrected chi connectivity index (χ1v) is 22.3. The highest BCUT2D eigenvalue weighted by molar-refractivity contribution is 7.89. The molecule has 3 aliphatic heterocycles. The van der Waals surface area contributed by atoms with Crippen molar-refractivity contribution in [2.24, 2.45) is 5.14 Å². The maximum atomic E-state index is 15.7. The van der Waals surface area contributed by atoms with Crippen molar-refractivity contribution >= 4 is 56.1 Å². The average molecular weight is 868 g/mol. The second kappa shape index (κ2) is 17.7. The Kier molecular flexibility index (Phi) is 12.2. The fourth-order valence-corrected chi connectivity index (χ4v) is 9.67. The fourth-order valence-electron chi connectivity index (χ4n) is 8.67. The smallest absolute Gasteiger partial charge is 0.249 e. The Balaban J connectivity index is 0.838. The van der Waals surface area contributed by atoms with Crippen LogP contribution in [0.3, 0.4) is 0 Å². The lowest BCUT2D eigenvalue weighted by Gasteiger charge is -2.37. The molecule has 3 fully saturated rings. The Bertz CT molecular complexity index is 2630. The number of piperidine rings is 2. The van der Waals surface area contributed by atoms with Gasteiger partial charge in [-0.05, 0) is 86.7 Å². The van der Waals surface area contributed by atoms with E-state index < -0.39 is 44.3 Å². The first-order valence-electron chi connectivity index (χ1n) is 20.7. The molecule has 5 N–H and O–H groups in total. The number of hydrogen-bond donors (Lipinski definition) is 4. The van der Waals surface area contributed by atoms with E-state index >= 15 is 8.78 Å². The van der Waals surface area contributed by atoms with Crippen LogP contribution < -0.4 is 20.7 Å². The van der Waals surface area contributed by atoms with Gasteiger partial charge in [-0.1, -0.05) is 25.1 Å². The third-order valence-corrected chi connectivity index (χ3v) is 13.6. The number of piperazine rings is 1. The van der Waals surface area contributed by atoms with Crippen LogP contribution in [0.25, 0.3) is 22.2 Å². The number of likely N-dealkylation sites (tertiary alicyclic amines) is 1. The van der Waals surface area contributed by atoms with Gasteiger partial charge in [0.25, 0.3) is 0 Å². The summed E-state index contributed by atoms with van der Waals surface area (Å²) in [6, 6.07) is 15.0. The summed E-state index contributed by atoms with van der Waals surface area (Å²) in [6.07, 6.45) is 7.20. The summed E-state index contributed by atoms with van der Waals surface area (Å²) >= 11 is 0. The normalized spacial score (nSPS) is 18.5. The number of aromatic nitrogens is 3. The number of ketones is 1. The molecule has 0 bridgehead atoms. The monoisotopic (exact) mass is 867 g/mol. The number of nitrogens with two attached hydrogens (primary N) is 1. The number of nitrogens with one attached hydrogen (secondary N) is 3. The van der Waals surface area contributed by atoms with Crippen molar-refractivity contribution in [1.82, 2.24) is 30.1 Å². The number of sulfonamides is 1. The number of pyridine rings is 2. The number of anilines is 2. The Labute approximate surface area is 357 Å². The van der Waals surface area contributed by atoms with Crippen molar-refractivity contribution in [3.05, 3.63) is 107 Å². The minimum Gasteiger partial charge on any atom is -0.374 e. The van der Waals surface area contributed by atoms with Crippen molar-refractivity contribution in [2.75, 3.05) is 56.0 Å². The molecular weight excluding hydrogens is 821 g/mol. The van der Waals surface area contributed by atoms with Crippen molar-refractivity contribution in [3.8, 4) is 11.1 Å². The van der Waals surface area contributed by atoms with Crippen LogP contribution in [-0.2, 0) is 24.4 Å². The first kappa shape index (κ1) is 42.6. The molecule has 3 amide bonds. The van der Waals surface area contributed by atoms with Gasteiger partial charge in [0.2, 0.25) is 33.5 Å². The molecule has 0 spiro atoms. The quantitative estimate of drug-likeness (QED) is 0.101. The van der Waals surface area contributed by atoms with E-state index in [-0.39, 0.29) is 35.3 Å². The van der Waals surface area contributed by atoms with Gasteiger partial charge in [0.1, 0.15) is 34.4 Å². The summed E-state index contributed by atoms with van der Waals surface area (Å²) in [5.74, 6) is -2.70. The Morgan fingerprint density at radius 3 is 2.31 bits per heavy atom. The maximum absolute atomic E-state index is 15.7. The predicted octanol–water partition coefficient (Wildman–Crippen LogP) is 4.62. The number of hydrogen-bond acceptors (Lipinski definition) is 11. The highest BCUT2D eigenvalue weighted by Gasteiger charge is 2.32. The summed E-state index contributed by atoms with van der Waals surface area (Å²) in [6.45, 7) is 5.86. The number of halogens is 2. The molecule has 15 nitrogen and oxygen atoms in total. The second-order valence-electron chi connectivity index (χ2n) is 16.1. The van der Waals surface area contributed by atoms with E-state index in [0.29, 0.717) is 73.6 Å². The number of imide groups is 1. The number of amides is 3. The summed E-state index contributed by atoms with van der Waals surface area (Å²) in [7, 11) is -4.23. The van der Waals surface area contributed by atoms with Gasteiger partial charge >= 0.3 is 0 Å². The van der Waals surface area contributed by atoms with E-state index in [1.807, 2.05) is 29.2 Å². The Morgan fingerprint density at radius 2 is 1.65 bits per heavy atom. The number of rotatable bonds is 12. The van der Waals surface area contributed by atoms with Crippen molar-refractivity contribution in [1.29, 1.82) is 0 Å². The van der Waals surface area contributed by atoms with Gasteiger partial charge in [-0.25, -0.2) is 32.3 Å². The number of H-pyrrole nitrogens is 1. The molecule has 2 atom stereocenters. The summed E-state index contributed by atoms with van der Waals surface area (Å²) in [4.78, 5) is 68.8. The van der Waals surface area contributed by atoms with Gasteiger partial charge in [-0.15, -0.1) is 0 Å². The standard InChI is InChI=1S/C44H47F2N9O6S/c1-2-36(62(47,60)61)31-8-9-34(45)40(41(31)46)42(58)33-24-50-43-32(33)21-29(23-49-43)28-5-11-37(48-22-28)54-17-19-55(20-18-54)39(57)25-53-15-13-27(14-16-53)26-3-6-30(7-4-26)51-35-10-12-38(56)52-44(35)59/h3-9,11,21-24,27,35-36,51H,2,10,12-20,25H2,1H3,(H,49,50)(H2,47,60,61)(H,52,56,59). The van der Waals surface area contributed by atoms with E-state index in [1.165, 1.54) is 18.7 Å². The number of primary sulfonamides is 1. The fraction of sp³-hybridized carbons (Fsp3) is 0.364. The molecule has 0 radical (unpaired) electrons. The number of carbonyl (C=O) groups is 4. The van der Waals surface area contributed by atoms with Crippen LogP contribution in [-0.4, -0.2) is 109 Å². The highest BCUT2D eigenvalue weighted by Crippen LogP contribution is 2.33. The molecular formula is C44H47F2N9O6S. The van der Waals surface area contributed by atoms with Crippen LogP contribution in [0.1, 0.15) is 77.2 Å². The first-order chi connectivity index (χ1) is 29.8. The molecule has 3 saturated heterocycles. The molecule has 324 valence electrons. The third-order valence-electron chi connectivity index (χ3n) is 12.2. The van der Waals surface area contributed by atoms with Crippen LogP contribution in [0, 0.1) is 11.6 Å². The minimum atomic E-state index is -4.23. The van der Waals surface area contributed by atoms with Gasteiger partial charge in [0.15, 0.2) is 0 Å². The minimum absolute atomic E-state index is 0.0420. The van der Waals surface area contributed by atoms with Gasteiger partial charge in [-0.2, -0.15) is 0 Å².